The van der Waals surface area contributed by atoms with Crippen molar-refractivity contribution in [2.75, 3.05) is 26.3 Å². The maximum Gasteiger partial charge on any atom is 0.227 e. The third kappa shape index (κ3) is 3.29. The van der Waals surface area contributed by atoms with E-state index in [1.807, 2.05) is 42.2 Å². The summed E-state index contributed by atoms with van der Waals surface area (Å²) >= 11 is 0. The summed E-state index contributed by atoms with van der Waals surface area (Å²) in [6.07, 6.45) is 2.14. The lowest BCUT2D eigenvalue weighted by Gasteiger charge is -2.27. The van der Waals surface area contributed by atoms with Gasteiger partial charge in [-0.1, -0.05) is 37.3 Å². The van der Waals surface area contributed by atoms with Crippen molar-refractivity contribution < 1.29 is 9.53 Å². The monoisotopic (exact) mass is 324 g/mol. The summed E-state index contributed by atoms with van der Waals surface area (Å²) in [4.78, 5) is 14.7. The van der Waals surface area contributed by atoms with Crippen LogP contribution in [0.4, 0.5) is 0 Å². The van der Waals surface area contributed by atoms with Crippen LogP contribution in [0.5, 0.6) is 0 Å². The first-order valence-electron chi connectivity index (χ1n) is 7.78. The first-order valence-corrected chi connectivity index (χ1v) is 7.78. The van der Waals surface area contributed by atoms with Crippen molar-refractivity contribution in [3.8, 4) is 0 Å². The van der Waals surface area contributed by atoms with Gasteiger partial charge in [0.25, 0.3) is 0 Å². The molecule has 1 aromatic carbocycles. The van der Waals surface area contributed by atoms with Gasteiger partial charge in [-0.3, -0.25) is 4.79 Å². The van der Waals surface area contributed by atoms with Crippen molar-refractivity contribution in [3.05, 3.63) is 35.9 Å². The number of benzene rings is 1. The van der Waals surface area contributed by atoms with Crippen molar-refractivity contribution in [1.29, 1.82) is 0 Å². The summed E-state index contributed by atoms with van der Waals surface area (Å²) in [6.45, 7) is 5.25. The molecule has 2 fully saturated rings. The van der Waals surface area contributed by atoms with Gasteiger partial charge in [0.15, 0.2) is 0 Å². The van der Waals surface area contributed by atoms with Gasteiger partial charge in [0.1, 0.15) is 0 Å². The molecule has 0 saturated carbocycles. The first-order chi connectivity index (χ1) is 10.1. The minimum atomic E-state index is -0.241. The van der Waals surface area contributed by atoms with Crippen LogP contribution in [-0.4, -0.2) is 37.1 Å². The molecule has 3 unspecified atom stereocenters. The fourth-order valence-corrected chi connectivity index (χ4v) is 3.50. The highest BCUT2D eigenvalue weighted by atomic mass is 35.5. The maximum atomic E-state index is 12.7. The van der Waals surface area contributed by atoms with Gasteiger partial charge in [-0.05, 0) is 18.4 Å². The lowest BCUT2D eigenvalue weighted by Crippen LogP contribution is -2.39. The zero-order chi connectivity index (χ0) is 14.9. The van der Waals surface area contributed by atoms with Crippen molar-refractivity contribution in [1.82, 2.24) is 4.90 Å². The number of amides is 1. The third-order valence-electron chi connectivity index (χ3n) is 5.05. The molecule has 0 aromatic heterocycles. The van der Waals surface area contributed by atoms with Crippen molar-refractivity contribution in [2.45, 2.75) is 25.8 Å². The number of nitrogens with zero attached hydrogens (tertiary/aromatic N) is 1. The SMILES string of the molecule is CC(C(=O)N1CCC2(CCOC2)C1)C(N)c1ccccc1.Cl. The molecule has 2 saturated heterocycles. The Bertz CT molecular complexity index is 503. The molecule has 4 nitrogen and oxygen atoms in total. The summed E-state index contributed by atoms with van der Waals surface area (Å²) < 4.78 is 5.52. The predicted octanol–water partition coefficient (Wildman–Crippen LogP) is 2.38. The minimum absolute atomic E-state index is 0. The van der Waals surface area contributed by atoms with Gasteiger partial charge in [-0.25, -0.2) is 0 Å². The van der Waals surface area contributed by atoms with E-state index in [9.17, 15) is 4.79 Å². The van der Waals surface area contributed by atoms with Gasteiger partial charge in [-0.15, -0.1) is 12.4 Å². The summed E-state index contributed by atoms with van der Waals surface area (Å²) in [5.41, 5.74) is 7.52. The lowest BCUT2D eigenvalue weighted by molar-refractivity contribution is -0.135. The fraction of sp³-hybridized carbons (Fsp3) is 0.588. The minimum Gasteiger partial charge on any atom is -0.381 e. The Morgan fingerprint density at radius 1 is 1.32 bits per heavy atom. The summed E-state index contributed by atoms with van der Waals surface area (Å²) in [6, 6.07) is 9.64. The molecule has 0 radical (unpaired) electrons. The van der Waals surface area contributed by atoms with Crippen molar-refractivity contribution in [2.24, 2.45) is 17.1 Å². The molecular formula is C17H25ClN2O2. The van der Waals surface area contributed by atoms with Gasteiger partial charge in [-0.2, -0.15) is 0 Å². The van der Waals surface area contributed by atoms with Gasteiger partial charge >= 0.3 is 0 Å². The quantitative estimate of drug-likeness (QED) is 0.928. The Morgan fingerprint density at radius 3 is 2.68 bits per heavy atom. The number of nitrogens with two attached hydrogens (primary N) is 1. The zero-order valence-electron chi connectivity index (χ0n) is 13.0. The van der Waals surface area contributed by atoms with Crippen LogP contribution in [0, 0.1) is 11.3 Å². The van der Waals surface area contributed by atoms with E-state index in [0.29, 0.717) is 0 Å². The highest BCUT2D eigenvalue weighted by Crippen LogP contribution is 2.39. The predicted molar refractivity (Wildman–Crippen MR) is 88.8 cm³/mol. The van der Waals surface area contributed by atoms with Crippen LogP contribution in [0.15, 0.2) is 30.3 Å². The lowest BCUT2D eigenvalue weighted by atomic mass is 9.87. The molecule has 1 spiro atoms. The molecule has 0 bridgehead atoms. The smallest absolute Gasteiger partial charge is 0.227 e. The van der Waals surface area contributed by atoms with Crippen LogP contribution in [0.1, 0.15) is 31.4 Å². The molecule has 2 aliphatic rings. The fourth-order valence-electron chi connectivity index (χ4n) is 3.50. The number of carbonyl (C=O) groups is 1. The van der Waals surface area contributed by atoms with Crippen LogP contribution in [-0.2, 0) is 9.53 Å². The average Bonchev–Trinajstić information content (AvgIpc) is 3.16. The van der Waals surface area contributed by atoms with Gasteiger partial charge in [0.05, 0.1) is 12.5 Å². The zero-order valence-corrected chi connectivity index (χ0v) is 13.8. The molecule has 22 heavy (non-hydrogen) atoms. The molecule has 2 heterocycles. The summed E-state index contributed by atoms with van der Waals surface area (Å²) in [5.74, 6) is -0.0139. The number of carbonyl (C=O) groups excluding carboxylic acids is 1. The van der Waals surface area contributed by atoms with Crippen LogP contribution in [0.3, 0.4) is 0 Å². The molecule has 122 valence electrons. The number of hydrogen-bond acceptors (Lipinski definition) is 3. The van der Waals surface area contributed by atoms with E-state index in [4.69, 9.17) is 10.5 Å². The number of ether oxygens (including phenoxy) is 1. The summed E-state index contributed by atoms with van der Waals surface area (Å²) in [7, 11) is 0. The van der Waals surface area contributed by atoms with E-state index in [1.165, 1.54) is 0 Å². The molecule has 2 aliphatic heterocycles. The van der Waals surface area contributed by atoms with Gasteiger partial charge in [0, 0.05) is 31.2 Å². The summed E-state index contributed by atoms with van der Waals surface area (Å²) in [5, 5.41) is 0. The van der Waals surface area contributed by atoms with Crippen LogP contribution in [0.25, 0.3) is 0 Å². The molecule has 2 N–H and O–H groups in total. The number of likely N-dealkylation sites (tertiary alicyclic amines) is 1. The second-order valence-corrected chi connectivity index (χ2v) is 6.54. The van der Waals surface area contributed by atoms with E-state index in [1.54, 1.807) is 0 Å². The van der Waals surface area contributed by atoms with Crippen LogP contribution in [0.2, 0.25) is 0 Å². The molecule has 3 rings (SSSR count). The largest absolute Gasteiger partial charge is 0.381 e. The Hall–Kier alpha value is -1.10. The second-order valence-electron chi connectivity index (χ2n) is 6.54. The van der Waals surface area contributed by atoms with Crippen LogP contribution < -0.4 is 5.73 Å². The van der Waals surface area contributed by atoms with Crippen molar-refractivity contribution >= 4 is 18.3 Å². The highest BCUT2D eigenvalue weighted by Gasteiger charge is 2.43. The average molecular weight is 325 g/mol. The third-order valence-corrected chi connectivity index (χ3v) is 5.05. The highest BCUT2D eigenvalue weighted by molar-refractivity contribution is 5.85. The Balaban J connectivity index is 0.00000176. The van der Waals surface area contributed by atoms with E-state index in [2.05, 4.69) is 0 Å². The normalized spacial score (nSPS) is 26.7. The second kappa shape index (κ2) is 6.99. The van der Waals surface area contributed by atoms with E-state index in [-0.39, 0.29) is 35.7 Å². The molecule has 3 atom stereocenters. The number of rotatable bonds is 3. The Labute approximate surface area is 138 Å². The van der Waals surface area contributed by atoms with Gasteiger partial charge in [0.2, 0.25) is 5.91 Å². The first kappa shape index (κ1) is 17.3. The van der Waals surface area contributed by atoms with E-state index >= 15 is 0 Å². The molecule has 5 heteroatoms. The number of hydrogen-bond donors (Lipinski definition) is 1. The van der Waals surface area contributed by atoms with Gasteiger partial charge < -0.3 is 15.4 Å². The van der Waals surface area contributed by atoms with Crippen molar-refractivity contribution in [3.63, 3.8) is 0 Å². The maximum absolute atomic E-state index is 12.7. The van der Waals surface area contributed by atoms with E-state index < -0.39 is 0 Å². The standard InChI is InChI=1S/C17H24N2O2.ClH/c1-13(15(18)14-5-3-2-4-6-14)16(20)19-9-7-17(11-19)8-10-21-12-17;/h2-6,13,15H,7-12,18H2,1H3;1H. The van der Waals surface area contributed by atoms with E-state index in [0.717, 1.165) is 44.7 Å². The molecule has 0 aliphatic carbocycles. The molecular weight excluding hydrogens is 300 g/mol. The van der Waals surface area contributed by atoms with Crippen LogP contribution >= 0.6 is 12.4 Å². The Morgan fingerprint density at radius 2 is 2.05 bits per heavy atom. The Kier molecular flexibility index (Phi) is 5.48. The topological polar surface area (TPSA) is 55.6 Å². The molecule has 1 amide bonds. The molecule has 1 aromatic rings. The number of halogens is 1.